The summed E-state index contributed by atoms with van der Waals surface area (Å²) < 4.78 is 0.932. The summed E-state index contributed by atoms with van der Waals surface area (Å²) >= 11 is 3.52. The third-order valence-electron chi connectivity index (χ3n) is 5.52. The number of para-hydroxylation sites is 1. The molecule has 0 atom stereocenters. The number of oxime groups is 1. The summed E-state index contributed by atoms with van der Waals surface area (Å²) in [5.74, 6) is 0.726. The van der Waals surface area contributed by atoms with Gasteiger partial charge in [0.1, 0.15) is 18.0 Å². The number of rotatable bonds is 7. The quantitative estimate of drug-likeness (QED) is 0.324. The van der Waals surface area contributed by atoms with Crippen molar-refractivity contribution < 1.29 is 9.94 Å². The molecule has 0 radical (unpaired) electrons. The summed E-state index contributed by atoms with van der Waals surface area (Å²) in [4.78, 5) is 13.5. The van der Waals surface area contributed by atoms with Crippen molar-refractivity contribution in [1.29, 1.82) is 0 Å². The SMILES string of the molecule is CCC(CC)CCON=C1C(c2c(O)[nH]c3ccc(Br)cc23)=Nc2ccccc21. The number of aromatic hydroxyl groups is 1. The van der Waals surface area contributed by atoms with Crippen molar-refractivity contribution in [1.82, 2.24) is 4.98 Å². The first kappa shape index (κ1) is 19.7. The molecule has 1 aliphatic rings. The topological polar surface area (TPSA) is 70.0 Å². The van der Waals surface area contributed by atoms with Gasteiger partial charge in [-0.3, -0.25) is 0 Å². The summed E-state index contributed by atoms with van der Waals surface area (Å²) in [7, 11) is 0. The van der Waals surface area contributed by atoms with Gasteiger partial charge in [0.2, 0.25) is 0 Å². The van der Waals surface area contributed by atoms with Crippen LogP contribution in [0, 0.1) is 5.92 Å². The average Bonchev–Trinajstić information content (AvgIpc) is 3.24. The van der Waals surface area contributed by atoms with Crippen LogP contribution in [0.4, 0.5) is 5.69 Å². The number of nitrogens with zero attached hydrogens (tertiary/aromatic N) is 2. The summed E-state index contributed by atoms with van der Waals surface area (Å²) in [6, 6.07) is 13.7. The number of halogens is 1. The van der Waals surface area contributed by atoms with E-state index in [0.29, 0.717) is 29.5 Å². The van der Waals surface area contributed by atoms with Gasteiger partial charge in [-0.1, -0.05) is 66.0 Å². The molecule has 150 valence electrons. The van der Waals surface area contributed by atoms with E-state index in [1.54, 1.807) is 0 Å². The number of benzene rings is 2. The highest BCUT2D eigenvalue weighted by Gasteiger charge is 2.29. The second-order valence-electron chi connectivity index (χ2n) is 7.26. The van der Waals surface area contributed by atoms with E-state index in [0.717, 1.165) is 45.9 Å². The van der Waals surface area contributed by atoms with Crippen molar-refractivity contribution in [2.75, 3.05) is 6.61 Å². The predicted molar refractivity (Wildman–Crippen MR) is 121 cm³/mol. The van der Waals surface area contributed by atoms with Gasteiger partial charge in [-0.15, -0.1) is 0 Å². The van der Waals surface area contributed by atoms with Crippen molar-refractivity contribution in [2.24, 2.45) is 16.1 Å². The Morgan fingerprint density at radius 3 is 2.76 bits per heavy atom. The largest absolute Gasteiger partial charge is 0.494 e. The Morgan fingerprint density at radius 1 is 1.17 bits per heavy atom. The summed E-state index contributed by atoms with van der Waals surface area (Å²) in [6.45, 7) is 4.97. The Bertz CT molecular complexity index is 1100. The van der Waals surface area contributed by atoms with Crippen molar-refractivity contribution >= 4 is 43.9 Å². The van der Waals surface area contributed by atoms with E-state index in [1.165, 1.54) is 0 Å². The molecule has 0 amide bonds. The maximum atomic E-state index is 10.6. The summed E-state index contributed by atoms with van der Waals surface area (Å²) in [5.41, 5.74) is 4.49. The zero-order valence-corrected chi connectivity index (χ0v) is 18.2. The van der Waals surface area contributed by atoms with Crippen LogP contribution in [0.1, 0.15) is 44.2 Å². The first-order chi connectivity index (χ1) is 14.1. The van der Waals surface area contributed by atoms with Gasteiger partial charge in [0.05, 0.1) is 11.3 Å². The molecule has 0 saturated carbocycles. The Hall–Kier alpha value is -2.60. The maximum Gasteiger partial charge on any atom is 0.199 e. The highest BCUT2D eigenvalue weighted by Crippen LogP contribution is 2.36. The molecule has 0 bridgehead atoms. The summed E-state index contributed by atoms with van der Waals surface area (Å²) in [5, 5.41) is 16.0. The van der Waals surface area contributed by atoms with Gasteiger partial charge in [0, 0.05) is 20.9 Å². The molecule has 0 aliphatic carbocycles. The molecule has 0 fully saturated rings. The Balaban J connectivity index is 1.72. The normalized spacial score (nSPS) is 14.6. The van der Waals surface area contributed by atoms with Gasteiger partial charge < -0.3 is 14.9 Å². The number of aromatic amines is 1. The van der Waals surface area contributed by atoms with Crippen LogP contribution in [-0.2, 0) is 4.84 Å². The van der Waals surface area contributed by atoms with Crippen molar-refractivity contribution in [3.63, 3.8) is 0 Å². The number of nitrogens with one attached hydrogen (secondary N) is 1. The molecule has 5 nitrogen and oxygen atoms in total. The Labute approximate surface area is 178 Å². The first-order valence-electron chi connectivity index (χ1n) is 10.0. The van der Waals surface area contributed by atoms with Gasteiger partial charge in [0.15, 0.2) is 5.88 Å². The zero-order chi connectivity index (χ0) is 20.4. The van der Waals surface area contributed by atoms with E-state index < -0.39 is 0 Å². The van der Waals surface area contributed by atoms with Crippen LogP contribution >= 0.6 is 15.9 Å². The Morgan fingerprint density at radius 2 is 1.97 bits per heavy atom. The second-order valence-corrected chi connectivity index (χ2v) is 8.18. The third-order valence-corrected chi connectivity index (χ3v) is 6.01. The molecule has 0 saturated heterocycles. The van der Waals surface area contributed by atoms with Crippen LogP contribution < -0.4 is 0 Å². The average molecular weight is 454 g/mol. The molecule has 4 rings (SSSR count). The molecule has 2 heterocycles. The minimum atomic E-state index is 0.0781. The predicted octanol–water partition coefficient (Wildman–Crippen LogP) is 6.32. The third kappa shape index (κ3) is 3.81. The van der Waals surface area contributed by atoms with E-state index in [4.69, 9.17) is 9.83 Å². The number of H-pyrrole nitrogens is 1. The molecule has 0 spiro atoms. The molecule has 29 heavy (non-hydrogen) atoms. The van der Waals surface area contributed by atoms with E-state index in [1.807, 2.05) is 42.5 Å². The number of fused-ring (bicyclic) bond motifs is 2. The number of hydrogen-bond donors (Lipinski definition) is 2. The fraction of sp³-hybridized carbons (Fsp3) is 0.304. The van der Waals surface area contributed by atoms with Crippen LogP contribution in [0.2, 0.25) is 0 Å². The van der Waals surface area contributed by atoms with Crippen LogP contribution in [0.25, 0.3) is 10.9 Å². The lowest BCUT2D eigenvalue weighted by molar-refractivity contribution is 0.128. The lowest BCUT2D eigenvalue weighted by atomic mass is 10.0. The molecule has 0 unspecified atom stereocenters. The van der Waals surface area contributed by atoms with Crippen molar-refractivity contribution in [3.8, 4) is 5.88 Å². The van der Waals surface area contributed by atoms with E-state index in [-0.39, 0.29) is 5.88 Å². The van der Waals surface area contributed by atoms with E-state index >= 15 is 0 Å². The Kier molecular flexibility index (Phi) is 5.72. The highest BCUT2D eigenvalue weighted by molar-refractivity contribution is 9.10. The molecule has 2 aromatic carbocycles. The van der Waals surface area contributed by atoms with E-state index in [2.05, 4.69) is 39.9 Å². The first-order valence-corrected chi connectivity index (χ1v) is 10.8. The van der Waals surface area contributed by atoms with Crippen LogP contribution in [0.15, 0.2) is 57.1 Å². The van der Waals surface area contributed by atoms with Crippen LogP contribution in [0.3, 0.4) is 0 Å². The fourth-order valence-electron chi connectivity index (χ4n) is 3.76. The van der Waals surface area contributed by atoms with Gasteiger partial charge >= 0.3 is 0 Å². The van der Waals surface area contributed by atoms with Crippen molar-refractivity contribution in [2.45, 2.75) is 33.1 Å². The molecule has 2 N–H and O–H groups in total. The minimum absolute atomic E-state index is 0.0781. The van der Waals surface area contributed by atoms with Crippen LogP contribution in [-0.4, -0.2) is 28.1 Å². The van der Waals surface area contributed by atoms with Gasteiger partial charge in [-0.2, -0.15) is 0 Å². The monoisotopic (exact) mass is 453 g/mol. The number of aromatic nitrogens is 1. The molecule has 1 aromatic heterocycles. The fourth-order valence-corrected chi connectivity index (χ4v) is 4.12. The van der Waals surface area contributed by atoms with Crippen molar-refractivity contribution in [3.05, 3.63) is 58.1 Å². The standard InChI is InChI=1S/C23H24BrN3O2/c1-3-14(4-2)11-12-29-27-21-16-7-5-6-8-18(16)25-22(21)20-17-13-15(24)9-10-19(17)26-23(20)28/h5-10,13-14,26,28H,3-4,11-12H2,1-2H3. The lowest BCUT2D eigenvalue weighted by Gasteiger charge is -2.11. The minimum Gasteiger partial charge on any atom is -0.494 e. The second kappa shape index (κ2) is 8.41. The maximum absolute atomic E-state index is 10.6. The lowest BCUT2D eigenvalue weighted by Crippen LogP contribution is -2.14. The van der Waals surface area contributed by atoms with Gasteiger partial charge in [-0.25, -0.2) is 4.99 Å². The van der Waals surface area contributed by atoms with Gasteiger partial charge in [-0.05, 0) is 36.6 Å². The smallest absolute Gasteiger partial charge is 0.199 e. The molecule has 6 heteroatoms. The highest BCUT2D eigenvalue weighted by atomic mass is 79.9. The molecule has 3 aromatic rings. The molecule has 1 aliphatic heterocycles. The zero-order valence-electron chi connectivity index (χ0n) is 16.6. The summed E-state index contributed by atoms with van der Waals surface area (Å²) in [6.07, 6.45) is 3.26. The number of aliphatic imine (C=N–C) groups is 1. The van der Waals surface area contributed by atoms with Gasteiger partial charge in [0.25, 0.3) is 0 Å². The van der Waals surface area contributed by atoms with Crippen LogP contribution in [0.5, 0.6) is 5.88 Å². The number of hydrogen-bond acceptors (Lipinski definition) is 4. The molecular weight excluding hydrogens is 430 g/mol. The van der Waals surface area contributed by atoms with E-state index in [9.17, 15) is 5.11 Å². The molecular formula is C23H24BrN3O2.